The predicted octanol–water partition coefficient (Wildman–Crippen LogP) is 15.0. The number of nitrogens with one attached hydrogen (secondary N) is 2. The fourth-order valence-corrected chi connectivity index (χ4v) is 10.4. The molecule has 4 atom stereocenters. The number of anilines is 4. The number of aromatic nitrogens is 4. The third-order valence-electron chi connectivity index (χ3n) is 12.4. The standard InChI is InChI=1S/2C26H28F3N3O3.CH4/c2*1-16-12-19(15-25(2,3)14-16)32-22-10-4-17(5-11-23(33)34)13-21(22)31-24(32)30-18-6-8-20(9-7-18)35-26(27,28)29;/h2*4-11,13,16,19H,12,14-15H2,1-3H3,(H,30,31)(H,33,34);1H4/b2*11-5+;/t2*16-,19+;/m10./s1. The Kier molecular flexibility index (Phi) is 15.9. The Morgan fingerprint density at radius 1 is 0.606 bits per heavy atom. The Morgan fingerprint density at radius 2 is 0.958 bits per heavy atom. The molecule has 380 valence electrons. The van der Waals surface area contributed by atoms with E-state index in [1.54, 1.807) is 0 Å². The van der Waals surface area contributed by atoms with Crippen molar-refractivity contribution in [3.8, 4) is 11.5 Å². The number of ether oxygens (including phenoxy) is 2. The van der Waals surface area contributed by atoms with Gasteiger partial charge in [-0.15, -0.1) is 26.3 Å². The molecule has 2 saturated carbocycles. The Morgan fingerprint density at radius 3 is 1.27 bits per heavy atom. The average Bonchev–Trinajstić information content (AvgIpc) is 3.78. The lowest BCUT2D eigenvalue weighted by Crippen LogP contribution is -2.29. The highest BCUT2D eigenvalue weighted by Crippen LogP contribution is 2.48. The number of nitrogens with zero attached hydrogens (tertiary/aromatic N) is 4. The molecule has 2 aromatic heterocycles. The maximum atomic E-state index is 12.5. The van der Waals surface area contributed by atoms with Crippen LogP contribution in [0.4, 0.5) is 49.6 Å². The van der Waals surface area contributed by atoms with Gasteiger partial charge >= 0.3 is 24.7 Å². The van der Waals surface area contributed by atoms with Crippen LogP contribution in [-0.4, -0.2) is 54.0 Å². The van der Waals surface area contributed by atoms with Crippen LogP contribution < -0.4 is 20.1 Å². The first kappa shape index (κ1) is 53.4. The molecular formula is C53H60F6N6O6. The van der Waals surface area contributed by atoms with Crippen molar-refractivity contribution in [2.45, 2.75) is 112 Å². The predicted molar refractivity (Wildman–Crippen MR) is 264 cm³/mol. The number of carboxylic acids is 2. The summed E-state index contributed by atoms with van der Waals surface area (Å²) in [4.78, 5) is 31.4. The molecule has 18 heteroatoms. The minimum atomic E-state index is -4.75. The Hall–Kier alpha value is -6.98. The Bertz CT molecular complexity index is 2690. The summed E-state index contributed by atoms with van der Waals surface area (Å²) in [5, 5.41) is 24.4. The summed E-state index contributed by atoms with van der Waals surface area (Å²) in [6.45, 7) is 13.5. The van der Waals surface area contributed by atoms with Crippen molar-refractivity contribution in [1.29, 1.82) is 0 Å². The SMILES string of the molecule is C.C[C@@H]1C[C@H](n2c(Nc3ccc(OC(F)(F)F)cc3)nc3cc(/C=C/C(=O)O)ccc32)CC(C)(C)C1.C[C@H]1C[C@@H](n2c(Nc3ccc(OC(F)(F)F)cc3)nc3cc(/C=C/C(=O)O)ccc32)CC(C)(C)C1. The van der Waals surface area contributed by atoms with E-state index in [1.807, 2.05) is 36.4 Å². The van der Waals surface area contributed by atoms with Crippen molar-refractivity contribution in [1.82, 2.24) is 19.1 Å². The molecule has 0 unspecified atom stereocenters. The molecule has 0 radical (unpaired) electrons. The van der Waals surface area contributed by atoms with Crippen LogP contribution in [0, 0.1) is 22.7 Å². The van der Waals surface area contributed by atoms with Gasteiger partial charge in [-0.2, -0.15) is 0 Å². The molecule has 12 nitrogen and oxygen atoms in total. The van der Waals surface area contributed by atoms with E-state index in [0.717, 1.165) is 61.7 Å². The van der Waals surface area contributed by atoms with Crippen molar-refractivity contribution in [2.75, 3.05) is 10.6 Å². The molecule has 2 heterocycles. The normalized spacial score (nSPS) is 20.0. The van der Waals surface area contributed by atoms with Crippen molar-refractivity contribution in [2.24, 2.45) is 22.7 Å². The second-order valence-corrected chi connectivity index (χ2v) is 20.0. The molecule has 0 amide bonds. The lowest BCUT2D eigenvalue weighted by atomic mass is 9.70. The van der Waals surface area contributed by atoms with Gasteiger partial charge in [-0.05, 0) is 157 Å². The Labute approximate surface area is 408 Å². The first-order chi connectivity index (χ1) is 32.8. The van der Waals surface area contributed by atoms with Gasteiger partial charge in [0.1, 0.15) is 11.5 Å². The zero-order valence-electron chi connectivity index (χ0n) is 39.5. The van der Waals surface area contributed by atoms with E-state index in [-0.39, 0.29) is 41.8 Å². The minimum absolute atomic E-state index is 0. The van der Waals surface area contributed by atoms with Gasteiger partial charge < -0.3 is 39.5 Å². The maximum Gasteiger partial charge on any atom is 0.573 e. The van der Waals surface area contributed by atoms with Gasteiger partial charge in [-0.1, -0.05) is 61.1 Å². The van der Waals surface area contributed by atoms with Crippen LogP contribution >= 0.6 is 0 Å². The van der Waals surface area contributed by atoms with Crippen LogP contribution in [-0.2, 0) is 9.59 Å². The number of halogens is 6. The van der Waals surface area contributed by atoms with Crippen LogP contribution in [0.1, 0.15) is 111 Å². The fraction of sp³-hybridized carbons (Fsp3) is 0.396. The molecule has 71 heavy (non-hydrogen) atoms. The Balaban J connectivity index is 0.000000229. The van der Waals surface area contributed by atoms with Gasteiger partial charge in [0.25, 0.3) is 0 Å². The summed E-state index contributed by atoms with van der Waals surface area (Å²) in [5.74, 6) is -0.457. The molecule has 2 fully saturated rings. The molecule has 4 aromatic carbocycles. The van der Waals surface area contributed by atoms with Crippen molar-refractivity contribution >= 4 is 69.4 Å². The van der Waals surface area contributed by atoms with E-state index in [9.17, 15) is 35.9 Å². The molecule has 4 N–H and O–H groups in total. The summed E-state index contributed by atoms with van der Waals surface area (Å²) in [7, 11) is 0. The molecule has 2 aliphatic rings. The zero-order valence-corrected chi connectivity index (χ0v) is 39.5. The highest BCUT2D eigenvalue weighted by atomic mass is 19.4. The number of aliphatic carboxylic acids is 2. The number of fused-ring (bicyclic) bond motifs is 2. The topological polar surface area (TPSA) is 153 Å². The summed E-state index contributed by atoms with van der Waals surface area (Å²) in [5.41, 5.74) is 6.09. The number of imidazole rings is 2. The highest BCUT2D eigenvalue weighted by Gasteiger charge is 2.37. The van der Waals surface area contributed by atoms with Gasteiger partial charge in [0.15, 0.2) is 0 Å². The number of hydrogen-bond donors (Lipinski definition) is 4. The largest absolute Gasteiger partial charge is 0.573 e. The van der Waals surface area contributed by atoms with E-state index < -0.39 is 24.7 Å². The summed E-state index contributed by atoms with van der Waals surface area (Å²) in [6, 6.07) is 22.6. The zero-order chi connectivity index (χ0) is 50.8. The third kappa shape index (κ3) is 14.5. The van der Waals surface area contributed by atoms with Crippen molar-refractivity contribution in [3.63, 3.8) is 0 Å². The molecule has 0 bridgehead atoms. The van der Waals surface area contributed by atoms with E-state index in [1.165, 1.54) is 60.7 Å². The smallest absolute Gasteiger partial charge is 0.478 e. The number of carboxylic acid groups (broad SMARTS) is 2. The van der Waals surface area contributed by atoms with Gasteiger partial charge in [0.05, 0.1) is 22.1 Å². The van der Waals surface area contributed by atoms with Crippen LogP contribution in [0.3, 0.4) is 0 Å². The molecular weight excluding hydrogens is 931 g/mol. The number of hydrogen-bond acceptors (Lipinski definition) is 8. The number of benzene rings is 4. The third-order valence-corrected chi connectivity index (χ3v) is 12.4. The van der Waals surface area contributed by atoms with Crippen LogP contribution in [0.2, 0.25) is 0 Å². The molecule has 6 aromatic rings. The first-order valence-corrected chi connectivity index (χ1v) is 22.9. The second kappa shape index (κ2) is 21.2. The van der Waals surface area contributed by atoms with E-state index in [2.05, 4.69) is 70.8 Å². The first-order valence-electron chi connectivity index (χ1n) is 22.9. The maximum absolute atomic E-state index is 12.5. The number of alkyl halides is 6. The molecule has 2 aliphatic carbocycles. The van der Waals surface area contributed by atoms with Crippen LogP contribution in [0.5, 0.6) is 11.5 Å². The molecule has 0 spiro atoms. The lowest BCUT2D eigenvalue weighted by Gasteiger charge is -2.40. The second-order valence-electron chi connectivity index (χ2n) is 20.0. The van der Waals surface area contributed by atoms with Crippen molar-refractivity contribution < 1.29 is 55.6 Å². The molecule has 8 rings (SSSR count). The minimum Gasteiger partial charge on any atom is -0.478 e. The quantitative estimate of drug-likeness (QED) is 0.0688. The van der Waals surface area contributed by atoms with Crippen LogP contribution in [0.15, 0.2) is 97.1 Å². The summed E-state index contributed by atoms with van der Waals surface area (Å²) >= 11 is 0. The van der Waals surface area contributed by atoms with Crippen LogP contribution in [0.25, 0.3) is 34.2 Å². The van der Waals surface area contributed by atoms with E-state index >= 15 is 0 Å². The monoisotopic (exact) mass is 990 g/mol. The fourth-order valence-electron chi connectivity index (χ4n) is 10.4. The van der Waals surface area contributed by atoms with Gasteiger partial charge in [-0.25, -0.2) is 19.6 Å². The van der Waals surface area contributed by atoms with E-state index in [4.69, 9.17) is 20.2 Å². The molecule has 0 saturated heterocycles. The highest BCUT2D eigenvalue weighted by molar-refractivity contribution is 5.89. The lowest BCUT2D eigenvalue weighted by molar-refractivity contribution is -0.275. The van der Waals surface area contributed by atoms with Crippen molar-refractivity contribution in [3.05, 3.63) is 108 Å². The number of carbonyl (C=O) groups is 2. The van der Waals surface area contributed by atoms with Gasteiger partial charge in [0, 0.05) is 35.6 Å². The van der Waals surface area contributed by atoms with Gasteiger partial charge in [0.2, 0.25) is 11.9 Å². The van der Waals surface area contributed by atoms with Gasteiger partial charge in [-0.3, -0.25) is 0 Å². The number of rotatable bonds is 12. The van der Waals surface area contributed by atoms with E-state index in [0.29, 0.717) is 57.3 Å². The summed E-state index contributed by atoms with van der Waals surface area (Å²) < 4.78 is 87.3. The average molecular weight is 991 g/mol. The summed E-state index contributed by atoms with van der Waals surface area (Å²) in [6.07, 6.45) is 1.80. The molecule has 0 aliphatic heterocycles.